The zero-order chi connectivity index (χ0) is 21.9. The van der Waals surface area contributed by atoms with Crippen molar-refractivity contribution in [1.29, 1.82) is 0 Å². The Balaban J connectivity index is 1.10. The third-order valence-corrected chi connectivity index (χ3v) is 9.19. The van der Waals surface area contributed by atoms with Crippen LogP contribution in [0.15, 0.2) is 0 Å². The molecule has 0 aromatic rings. The van der Waals surface area contributed by atoms with Crippen LogP contribution in [0.25, 0.3) is 0 Å². The van der Waals surface area contributed by atoms with Gasteiger partial charge in [0.05, 0.1) is 6.04 Å². The second-order valence-electron chi connectivity index (χ2n) is 11.4. The average molecular weight is 447 g/mol. The summed E-state index contributed by atoms with van der Waals surface area (Å²) in [7, 11) is 0. The lowest BCUT2D eigenvalue weighted by Gasteiger charge is -2.42. The maximum atomic E-state index is 13.0. The molecule has 5 fully saturated rings. The van der Waals surface area contributed by atoms with Gasteiger partial charge in [0.25, 0.3) is 0 Å². The molecule has 9 unspecified atom stereocenters. The highest BCUT2D eigenvalue weighted by Crippen LogP contribution is 2.33. The first kappa shape index (κ1) is 23.0. The Morgan fingerprint density at radius 3 is 2.53 bits per heavy atom. The van der Waals surface area contributed by atoms with Gasteiger partial charge < -0.3 is 16.0 Å². The van der Waals surface area contributed by atoms with Crippen molar-refractivity contribution in [2.45, 2.75) is 114 Å². The lowest BCUT2D eigenvalue weighted by molar-refractivity contribution is -0.124. The van der Waals surface area contributed by atoms with Crippen LogP contribution in [-0.4, -0.2) is 62.0 Å². The molecule has 3 heterocycles. The molecular weight excluding hydrogens is 400 g/mol. The Hall–Kier alpha value is -0.730. The molecule has 182 valence electrons. The highest BCUT2D eigenvalue weighted by atomic mass is 16.2. The van der Waals surface area contributed by atoms with Crippen LogP contribution in [0.2, 0.25) is 0 Å². The Kier molecular flexibility index (Phi) is 7.69. The molecule has 2 saturated carbocycles. The Morgan fingerprint density at radius 2 is 1.69 bits per heavy atom. The van der Waals surface area contributed by atoms with Crippen LogP contribution in [0, 0.1) is 17.8 Å². The van der Waals surface area contributed by atoms with E-state index >= 15 is 0 Å². The summed E-state index contributed by atoms with van der Waals surface area (Å²) in [6.07, 6.45) is 13.6. The molecule has 5 rings (SSSR count). The van der Waals surface area contributed by atoms with Crippen molar-refractivity contribution in [3.8, 4) is 0 Å². The highest BCUT2D eigenvalue weighted by Gasteiger charge is 2.39. The zero-order valence-corrected chi connectivity index (χ0v) is 20.0. The van der Waals surface area contributed by atoms with Crippen LogP contribution >= 0.6 is 0 Å². The fourth-order valence-corrected chi connectivity index (χ4v) is 7.16. The molecule has 6 N–H and O–H groups in total. The van der Waals surface area contributed by atoms with E-state index in [4.69, 9.17) is 0 Å². The van der Waals surface area contributed by atoms with Gasteiger partial charge in [0.2, 0.25) is 5.91 Å². The summed E-state index contributed by atoms with van der Waals surface area (Å²) in [5.74, 6) is 2.34. The number of hydrogen-bond donors (Lipinski definition) is 6. The van der Waals surface area contributed by atoms with E-state index in [0.29, 0.717) is 30.1 Å². The molecule has 3 aliphatic heterocycles. The van der Waals surface area contributed by atoms with Crippen LogP contribution in [0.1, 0.15) is 77.6 Å². The van der Waals surface area contributed by atoms with E-state index in [9.17, 15) is 4.79 Å². The van der Waals surface area contributed by atoms with E-state index < -0.39 is 0 Å². The van der Waals surface area contributed by atoms with Gasteiger partial charge in [0, 0.05) is 24.2 Å². The van der Waals surface area contributed by atoms with E-state index in [1.54, 1.807) is 0 Å². The van der Waals surface area contributed by atoms with Crippen molar-refractivity contribution < 1.29 is 4.79 Å². The summed E-state index contributed by atoms with van der Waals surface area (Å²) in [6.45, 7) is 5.76. The molecule has 9 atom stereocenters. The van der Waals surface area contributed by atoms with Gasteiger partial charge >= 0.3 is 0 Å². The SMILES string of the molecule is CC1CCC(NC(=O)C2CC3CCCCC3N2)CC1NC1NCCC(C2CCCNC2)N1. The summed E-state index contributed by atoms with van der Waals surface area (Å²) < 4.78 is 0. The van der Waals surface area contributed by atoms with Gasteiger partial charge in [-0.2, -0.15) is 0 Å². The van der Waals surface area contributed by atoms with Gasteiger partial charge in [-0.1, -0.05) is 19.8 Å². The monoisotopic (exact) mass is 446 g/mol. The standard InChI is InChI=1S/C25H46N6O/c1-16-8-9-19(28-24(32)23-13-17-5-2-3-7-20(17)29-23)14-22(16)31-25-27-12-10-21(30-25)18-6-4-11-26-15-18/h16-23,25-27,29-31H,2-15H2,1H3,(H,28,32). The average Bonchev–Trinajstić information content (AvgIpc) is 3.27. The number of carbonyl (C=O) groups excluding carboxylic acids is 1. The summed E-state index contributed by atoms with van der Waals surface area (Å²) in [6, 6.07) is 1.92. The third kappa shape index (κ3) is 5.49. The minimum Gasteiger partial charge on any atom is -0.352 e. The maximum absolute atomic E-state index is 13.0. The summed E-state index contributed by atoms with van der Waals surface area (Å²) >= 11 is 0. The Labute approximate surface area is 194 Å². The predicted octanol–water partition coefficient (Wildman–Crippen LogP) is 1.40. The molecule has 0 aromatic heterocycles. The van der Waals surface area contributed by atoms with Crippen LogP contribution in [0.3, 0.4) is 0 Å². The smallest absolute Gasteiger partial charge is 0.237 e. The molecule has 2 aliphatic carbocycles. The minimum atomic E-state index is 0.0281. The summed E-state index contributed by atoms with van der Waals surface area (Å²) in [5, 5.41) is 22.0. The topological polar surface area (TPSA) is 89.2 Å². The molecule has 5 aliphatic rings. The van der Waals surface area contributed by atoms with Crippen molar-refractivity contribution in [1.82, 2.24) is 31.9 Å². The zero-order valence-electron chi connectivity index (χ0n) is 20.0. The molecule has 1 amide bonds. The van der Waals surface area contributed by atoms with Crippen molar-refractivity contribution in [2.24, 2.45) is 17.8 Å². The van der Waals surface area contributed by atoms with Gasteiger partial charge in [0.1, 0.15) is 6.29 Å². The number of amides is 1. The van der Waals surface area contributed by atoms with E-state index in [1.807, 2.05) is 0 Å². The lowest BCUT2D eigenvalue weighted by atomic mass is 9.82. The van der Waals surface area contributed by atoms with Crippen LogP contribution in [-0.2, 0) is 4.79 Å². The normalized spacial score (nSPS) is 45.2. The fourth-order valence-electron chi connectivity index (χ4n) is 7.16. The Morgan fingerprint density at radius 1 is 0.844 bits per heavy atom. The predicted molar refractivity (Wildman–Crippen MR) is 128 cm³/mol. The van der Waals surface area contributed by atoms with Gasteiger partial charge in [-0.3, -0.25) is 20.7 Å². The third-order valence-electron chi connectivity index (χ3n) is 9.19. The summed E-state index contributed by atoms with van der Waals surface area (Å²) in [5.41, 5.74) is 0. The lowest BCUT2D eigenvalue weighted by Crippen LogP contribution is -2.66. The Bertz CT molecular complexity index is 612. The quantitative estimate of drug-likeness (QED) is 0.383. The van der Waals surface area contributed by atoms with Gasteiger partial charge in [0.15, 0.2) is 0 Å². The number of carbonyl (C=O) groups is 1. The molecule has 0 bridgehead atoms. The molecule has 32 heavy (non-hydrogen) atoms. The van der Waals surface area contributed by atoms with Crippen molar-refractivity contribution >= 4 is 5.91 Å². The first-order chi connectivity index (χ1) is 15.7. The number of hydrogen-bond acceptors (Lipinski definition) is 6. The van der Waals surface area contributed by atoms with Crippen LogP contribution in [0.4, 0.5) is 0 Å². The van der Waals surface area contributed by atoms with Crippen LogP contribution < -0.4 is 31.9 Å². The molecule has 7 nitrogen and oxygen atoms in total. The molecule has 0 radical (unpaired) electrons. The summed E-state index contributed by atoms with van der Waals surface area (Å²) in [4.78, 5) is 13.0. The largest absolute Gasteiger partial charge is 0.352 e. The molecule has 0 aromatic carbocycles. The molecule has 0 spiro atoms. The van der Waals surface area contributed by atoms with Crippen molar-refractivity contribution in [3.63, 3.8) is 0 Å². The van der Waals surface area contributed by atoms with Gasteiger partial charge in [-0.15, -0.1) is 0 Å². The maximum Gasteiger partial charge on any atom is 0.237 e. The van der Waals surface area contributed by atoms with Gasteiger partial charge in [-0.05, 0) is 95.2 Å². The van der Waals surface area contributed by atoms with E-state index in [1.165, 1.54) is 57.9 Å². The number of piperidine rings is 1. The van der Waals surface area contributed by atoms with Crippen molar-refractivity contribution in [3.05, 3.63) is 0 Å². The fraction of sp³-hybridized carbons (Fsp3) is 0.960. The molecular formula is C25H46N6O. The van der Waals surface area contributed by atoms with Crippen LogP contribution in [0.5, 0.6) is 0 Å². The minimum absolute atomic E-state index is 0.0281. The van der Waals surface area contributed by atoms with E-state index in [-0.39, 0.29) is 18.2 Å². The first-order valence-corrected chi connectivity index (χ1v) is 13.7. The number of nitrogens with one attached hydrogen (secondary N) is 6. The highest BCUT2D eigenvalue weighted by molar-refractivity contribution is 5.82. The second-order valence-corrected chi connectivity index (χ2v) is 11.4. The van der Waals surface area contributed by atoms with E-state index in [0.717, 1.165) is 44.2 Å². The second kappa shape index (κ2) is 10.7. The molecule has 3 saturated heterocycles. The van der Waals surface area contributed by atoms with Gasteiger partial charge in [-0.25, -0.2) is 0 Å². The first-order valence-electron chi connectivity index (χ1n) is 13.7. The van der Waals surface area contributed by atoms with E-state index in [2.05, 4.69) is 38.8 Å². The number of rotatable bonds is 5. The number of fused-ring (bicyclic) bond motifs is 1. The van der Waals surface area contributed by atoms with Crippen molar-refractivity contribution in [2.75, 3.05) is 19.6 Å². The molecule has 7 heteroatoms.